The molecule has 1 N–H and O–H groups in total. The van der Waals surface area contributed by atoms with E-state index in [-0.39, 0.29) is 5.91 Å². The van der Waals surface area contributed by atoms with Crippen LogP contribution in [0.4, 0.5) is 5.69 Å². The molecule has 2 aromatic carbocycles. The first-order valence-electron chi connectivity index (χ1n) is 7.36. The van der Waals surface area contributed by atoms with Crippen LogP contribution in [0.3, 0.4) is 0 Å². The maximum atomic E-state index is 12.4. The maximum absolute atomic E-state index is 12.4. The van der Waals surface area contributed by atoms with Crippen LogP contribution in [0.25, 0.3) is 5.69 Å². The number of aromatic nitrogens is 2. The molecule has 0 spiro atoms. The predicted molar refractivity (Wildman–Crippen MR) is 91.1 cm³/mol. The third-order valence-corrected chi connectivity index (χ3v) is 3.50. The molecule has 0 unspecified atom stereocenters. The summed E-state index contributed by atoms with van der Waals surface area (Å²) >= 11 is 0. The number of nitrogens with one attached hydrogen (secondary N) is 1. The van der Waals surface area contributed by atoms with E-state index in [1.54, 1.807) is 42.3 Å². The highest BCUT2D eigenvalue weighted by Gasteiger charge is 2.13. The molecule has 6 heteroatoms. The number of hydrogen-bond donors (Lipinski definition) is 1. The van der Waals surface area contributed by atoms with E-state index in [0.717, 1.165) is 5.69 Å². The van der Waals surface area contributed by atoms with E-state index < -0.39 is 0 Å². The number of amides is 1. The number of methoxy groups -OCH3 is 2. The fraction of sp³-hybridized carbons (Fsp3) is 0.111. The van der Waals surface area contributed by atoms with Gasteiger partial charge in [0.1, 0.15) is 11.5 Å². The Balaban J connectivity index is 1.80. The van der Waals surface area contributed by atoms with Crippen LogP contribution < -0.4 is 14.8 Å². The summed E-state index contributed by atoms with van der Waals surface area (Å²) in [7, 11) is 3.11. The zero-order chi connectivity index (χ0) is 16.9. The molecule has 1 amide bonds. The molecule has 0 saturated carbocycles. The smallest absolute Gasteiger partial charge is 0.276 e. The third kappa shape index (κ3) is 3.22. The molecule has 24 heavy (non-hydrogen) atoms. The highest BCUT2D eigenvalue weighted by molar-refractivity contribution is 6.03. The number of benzene rings is 2. The van der Waals surface area contributed by atoms with Crippen LogP contribution in [0.1, 0.15) is 10.5 Å². The second kappa shape index (κ2) is 6.87. The van der Waals surface area contributed by atoms with Crippen molar-refractivity contribution in [1.82, 2.24) is 9.78 Å². The lowest BCUT2D eigenvalue weighted by molar-refractivity contribution is 0.102. The minimum atomic E-state index is -0.312. The van der Waals surface area contributed by atoms with E-state index in [0.29, 0.717) is 22.9 Å². The normalized spacial score (nSPS) is 10.2. The van der Waals surface area contributed by atoms with Crippen LogP contribution in [0.5, 0.6) is 11.5 Å². The second-order valence-electron chi connectivity index (χ2n) is 5.00. The SMILES string of the molecule is COc1ccc(NC(=O)c2ccn(-c3ccccc3)n2)c(OC)c1. The number of hydrogen-bond acceptors (Lipinski definition) is 4. The highest BCUT2D eigenvalue weighted by Crippen LogP contribution is 2.29. The molecule has 1 aromatic heterocycles. The van der Waals surface area contributed by atoms with Gasteiger partial charge in [-0.25, -0.2) is 4.68 Å². The average Bonchev–Trinajstić information content (AvgIpc) is 3.13. The molecule has 0 bridgehead atoms. The highest BCUT2D eigenvalue weighted by atomic mass is 16.5. The monoisotopic (exact) mass is 323 g/mol. The van der Waals surface area contributed by atoms with Gasteiger partial charge < -0.3 is 14.8 Å². The Kier molecular flexibility index (Phi) is 4.47. The zero-order valence-corrected chi connectivity index (χ0v) is 13.4. The molecule has 0 aliphatic heterocycles. The first kappa shape index (κ1) is 15.6. The quantitative estimate of drug-likeness (QED) is 0.783. The van der Waals surface area contributed by atoms with Crippen molar-refractivity contribution in [3.05, 3.63) is 66.5 Å². The maximum Gasteiger partial charge on any atom is 0.276 e. The minimum Gasteiger partial charge on any atom is -0.497 e. The van der Waals surface area contributed by atoms with Crippen LogP contribution in [0.15, 0.2) is 60.8 Å². The van der Waals surface area contributed by atoms with Crippen molar-refractivity contribution in [2.45, 2.75) is 0 Å². The summed E-state index contributed by atoms with van der Waals surface area (Å²) in [6, 6.07) is 16.4. The number of carbonyl (C=O) groups excluding carboxylic acids is 1. The summed E-state index contributed by atoms with van der Waals surface area (Å²) in [4.78, 5) is 12.4. The van der Waals surface area contributed by atoms with Crippen molar-refractivity contribution >= 4 is 11.6 Å². The van der Waals surface area contributed by atoms with Gasteiger partial charge in [-0.2, -0.15) is 5.10 Å². The van der Waals surface area contributed by atoms with Crippen molar-refractivity contribution in [2.75, 3.05) is 19.5 Å². The molecular weight excluding hydrogens is 306 g/mol. The number of carbonyl (C=O) groups is 1. The number of para-hydroxylation sites is 1. The fourth-order valence-electron chi connectivity index (χ4n) is 2.26. The van der Waals surface area contributed by atoms with E-state index in [9.17, 15) is 4.79 Å². The lowest BCUT2D eigenvalue weighted by Gasteiger charge is -2.10. The molecule has 3 rings (SSSR count). The third-order valence-electron chi connectivity index (χ3n) is 3.50. The Hall–Kier alpha value is -3.28. The van der Waals surface area contributed by atoms with Crippen LogP contribution in [0, 0.1) is 0 Å². The molecular formula is C18H17N3O3. The standard InChI is InChI=1S/C18H17N3O3/c1-23-14-8-9-15(17(12-14)24-2)19-18(22)16-10-11-21(20-16)13-6-4-3-5-7-13/h3-12H,1-2H3,(H,19,22). The molecule has 0 saturated heterocycles. The van der Waals surface area contributed by atoms with E-state index in [4.69, 9.17) is 9.47 Å². The summed E-state index contributed by atoms with van der Waals surface area (Å²) in [5.41, 5.74) is 1.76. The molecule has 122 valence electrons. The van der Waals surface area contributed by atoms with Crippen LogP contribution in [-0.2, 0) is 0 Å². The van der Waals surface area contributed by atoms with Gasteiger partial charge in [0.15, 0.2) is 5.69 Å². The number of anilines is 1. The van der Waals surface area contributed by atoms with Crippen LogP contribution in [0.2, 0.25) is 0 Å². The van der Waals surface area contributed by atoms with E-state index in [2.05, 4.69) is 10.4 Å². The molecule has 0 aliphatic carbocycles. The number of nitrogens with zero attached hydrogens (tertiary/aromatic N) is 2. The van der Waals surface area contributed by atoms with Gasteiger partial charge in [0.25, 0.3) is 5.91 Å². The minimum absolute atomic E-state index is 0.312. The Morgan fingerprint density at radius 3 is 2.54 bits per heavy atom. The van der Waals surface area contributed by atoms with E-state index >= 15 is 0 Å². The predicted octanol–water partition coefficient (Wildman–Crippen LogP) is 3.14. The lowest BCUT2D eigenvalue weighted by atomic mass is 10.2. The Morgan fingerprint density at radius 1 is 1.04 bits per heavy atom. The van der Waals surface area contributed by atoms with E-state index in [1.165, 1.54) is 7.11 Å². The molecule has 6 nitrogen and oxygen atoms in total. The Labute approximate surface area is 139 Å². The summed E-state index contributed by atoms with van der Waals surface area (Å²) in [6.45, 7) is 0. The van der Waals surface area contributed by atoms with Gasteiger partial charge in [0, 0.05) is 12.3 Å². The van der Waals surface area contributed by atoms with Gasteiger partial charge >= 0.3 is 0 Å². The Bertz CT molecular complexity index is 844. The first-order valence-corrected chi connectivity index (χ1v) is 7.36. The van der Waals surface area contributed by atoms with Gasteiger partial charge in [0.2, 0.25) is 0 Å². The van der Waals surface area contributed by atoms with E-state index in [1.807, 2.05) is 30.3 Å². The van der Waals surface area contributed by atoms with Crippen molar-refractivity contribution in [1.29, 1.82) is 0 Å². The van der Waals surface area contributed by atoms with Crippen molar-refractivity contribution in [2.24, 2.45) is 0 Å². The first-order chi connectivity index (χ1) is 11.7. The van der Waals surface area contributed by atoms with Gasteiger partial charge in [-0.1, -0.05) is 18.2 Å². The average molecular weight is 323 g/mol. The summed E-state index contributed by atoms with van der Waals surface area (Å²) in [5.74, 6) is 0.858. The van der Waals surface area contributed by atoms with Gasteiger partial charge in [-0.15, -0.1) is 0 Å². The van der Waals surface area contributed by atoms with Crippen LogP contribution in [-0.4, -0.2) is 29.9 Å². The van der Waals surface area contributed by atoms with Crippen molar-refractivity contribution in [3.8, 4) is 17.2 Å². The lowest BCUT2D eigenvalue weighted by Crippen LogP contribution is -2.14. The number of ether oxygens (including phenoxy) is 2. The molecule has 0 aliphatic rings. The van der Waals surface area contributed by atoms with Crippen molar-refractivity contribution < 1.29 is 14.3 Å². The molecule has 3 aromatic rings. The molecule has 0 fully saturated rings. The molecule has 0 atom stereocenters. The van der Waals surface area contributed by atoms with Gasteiger partial charge in [-0.05, 0) is 30.3 Å². The Morgan fingerprint density at radius 2 is 1.83 bits per heavy atom. The zero-order valence-electron chi connectivity index (χ0n) is 13.4. The molecule has 0 radical (unpaired) electrons. The summed E-state index contributed by atoms with van der Waals surface area (Å²) in [6.07, 6.45) is 1.75. The number of rotatable bonds is 5. The topological polar surface area (TPSA) is 65.4 Å². The summed E-state index contributed by atoms with van der Waals surface area (Å²) < 4.78 is 12.1. The summed E-state index contributed by atoms with van der Waals surface area (Å²) in [5, 5.41) is 7.10. The fourth-order valence-corrected chi connectivity index (χ4v) is 2.26. The second-order valence-corrected chi connectivity index (χ2v) is 5.00. The van der Waals surface area contributed by atoms with Gasteiger partial charge in [0.05, 0.1) is 25.6 Å². The van der Waals surface area contributed by atoms with Gasteiger partial charge in [-0.3, -0.25) is 4.79 Å². The van der Waals surface area contributed by atoms with Crippen molar-refractivity contribution in [3.63, 3.8) is 0 Å². The van der Waals surface area contributed by atoms with Crippen LogP contribution >= 0.6 is 0 Å². The largest absolute Gasteiger partial charge is 0.497 e. The molecule has 1 heterocycles.